The predicted octanol–water partition coefficient (Wildman–Crippen LogP) is 3.15. The van der Waals surface area contributed by atoms with Crippen LogP contribution < -0.4 is 5.62 Å². The van der Waals surface area contributed by atoms with Gasteiger partial charge >= 0.3 is 0 Å². The number of benzene rings is 1. The summed E-state index contributed by atoms with van der Waals surface area (Å²) in [7, 11) is 0. The summed E-state index contributed by atoms with van der Waals surface area (Å²) in [5.41, 5.74) is 2.98. The van der Waals surface area contributed by atoms with Gasteiger partial charge < -0.3 is 0 Å². The molecule has 0 N–H and O–H groups in total. The van der Waals surface area contributed by atoms with Crippen molar-refractivity contribution in [1.29, 1.82) is 10.5 Å². The molecule has 4 rings (SSSR count). The number of pyridine rings is 1. The normalized spacial score (nSPS) is 11.3. The standard InChI is InChI=1S/C20H12ClN7/c21-17-6-2-1-5-15(17)19-16(10-22)18-7-9-26-28(18)20(27(19)13-23)25-12-14-4-3-8-24-11-14/h1-9,11H,12H2. The molecule has 0 aliphatic heterocycles. The summed E-state index contributed by atoms with van der Waals surface area (Å²) in [5.74, 6) is 0. The van der Waals surface area contributed by atoms with Crippen LogP contribution in [0.5, 0.6) is 0 Å². The molecule has 4 aromatic rings. The monoisotopic (exact) mass is 385 g/mol. The van der Waals surface area contributed by atoms with Gasteiger partial charge in [0.15, 0.2) is 6.19 Å². The zero-order valence-corrected chi connectivity index (χ0v) is 15.2. The minimum Gasteiger partial charge on any atom is -0.264 e. The summed E-state index contributed by atoms with van der Waals surface area (Å²) >= 11 is 6.37. The molecule has 28 heavy (non-hydrogen) atoms. The fourth-order valence-corrected chi connectivity index (χ4v) is 3.21. The number of rotatable bonds is 3. The highest BCUT2D eigenvalue weighted by Gasteiger charge is 2.19. The largest absolute Gasteiger partial charge is 0.264 e. The quantitative estimate of drug-likeness (QED) is 0.541. The van der Waals surface area contributed by atoms with Crippen LogP contribution in [-0.2, 0) is 6.54 Å². The summed E-state index contributed by atoms with van der Waals surface area (Å²) in [6.45, 7) is 0.304. The molecule has 0 spiro atoms. The first-order valence-electron chi connectivity index (χ1n) is 8.32. The Bertz CT molecular complexity index is 1320. The van der Waals surface area contributed by atoms with Gasteiger partial charge in [0.2, 0.25) is 5.62 Å². The van der Waals surface area contributed by atoms with Gasteiger partial charge in [0.25, 0.3) is 0 Å². The molecule has 8 heteroatoms. The lowest BCUT2D eigenvalue weighted by Gasteiger charge is -2.13. The van der Waals surface area contributed by atoms with Crippen LogP contribution in [0.3, 0.4) is 0 Å². The maximum absolute atomic E-state index is 9.91. The molecule has 0 saturated carbocycles. The maximum atomic E-state index is 9.91. The highest BCUT2D eigenvalue weighted by Crippen LogP contribution is 2.30. The number of nitriles is 2. The smallest absolute Gasteiger partial charge is 0.241 e. The summed E-state index contributed by atoms with van der Waals surface area (Å²) in [4.78, 5) is 8.67. The lowest BCUT2D eigenvalue weighted by atomic mass is 10.1. The van der Waals surface area contributed by atoms with E-state index in [-0.39, 0.29) is 0 Å². The fourth-order valence-electron chi connectivity index (χ4n) is 2.98. The van der Waals surface area contributed by atoms with Crippen molar-refractivity contribution in [3.63, 3.8) is 0 Å². The maximum Gasteiger partial charge on any atom is 0.241 e. The van der Waals surface area contributed by atoms with Gasteiger partial charge in [-0.1, -0.05) is 35.9 Å². The van der Waals surface area contributed by atoms with Crippen molar-refractivity contribution in [3.05, 3.63) is 82.8 Å². The molecule has 0 bridgehead atoms. The minimum absolute atomic E-state index is 0.292. The van der Waals surface area contributed by atoms with E-state index >= 15 is 0 Å². The first kappa shape index (κ1) is 17.5. The van der Waals surface area contributed by atoms with Crippen LogP contribution in [0.2, 0.25) is 5.02 Å². The number of fused-ring (bicyclic) bond motifs is 1. The topological polar surface area (TPSA) is 95.1 Å². The van der Waals surface area contributed by atoms with E-state index in [1.54, 1.807) is 48.9 Å². The zero-order valence-electron chi connectivity index (χ0n) is 14.5. The van der Waals surface area contributed by atoms with Crippen LogP contribution in [0.1, 0.15) is 11.1 Å². The molecule has 3 aromatic heterocycles. The Kier molecular flexibility index (Phi) is 4.59. The van der Waals surface area contributed by atoms with E-state index in [2.05, 4.69) is 27.3 Å². The second kappa shape index (κ2) is 7.36. The lowest BCUT2D eigenvalue weighted by Crippen LogP contribution is -2.29. The van der Waals surface area contributed by atoms with E-state index in [0.29, 0.717) is 39.5 Å². The van der Waals surface area contributed by atoms with Crippen molar-refractivity contribution in [2.75, 3.05) is 0 Å². The molecule has 134 valence electrons. The van der Waals surface area contributed by atoms with Gasteiger partial charge in [-0.3, -0.25) is 4.98 Å². The van der Waals surface area contributed by atoms with Gasteiger partial charge in [-0.05, 0) is 23.8 Å². The summed E-state index contributed by atoms with van der Waals surface area (Å²) < 4.78 is 2.77. The average Bonchev–Trinajstić information content (AvgIpc) is 3.22. The van der Waals surface area contributed by atoms with Gasteiger partial charge in [-0.2, -0.15) is 20.1 Å². The highest BCUT2D eigenvalue weighted by atomic mass is 35.5. The van der Waals surface area contributed by atoms with Crippen molar-refractivity contribution >= 4 is 17.1 Å². The van der Waals surface area contributed by atoms with Gasteiger partial charge in [0.1, 0.15) is 11.6 Å². The number of hydrogen-bond donors (Lipinski definition) is 0. The van der Waals surface area contributed by atoms with Crippen molar-refractivity contribution in [3.8, 4) is 23.5 Å². The Labute approximate surface area is 165 Å². The third-order valence-corrected chi connectivity index (χ3v) is 4.54. The molecule has 3 heterocycles. The summed E-state index contributed by atoms with van der Waals surface area (Å²) in [6, 6.07) is 14.7. The van der Waals surface area contributed by atoms with Crippen molar-refractivity contribution in [1.82, 2.24) is 19.2 Å². The first-order valence-corrected chi connectivity index (χ1v) is 8.69. The first-order chi connectivity index (χ1) is 13.7. The molecule has 7 nitrogen and oxygen atoms in total. The highest BCUT2D eigenvalue weighted by molar-refractivity contribution is 6.33. The average molecular weight is 386 g/mol. The van der Waals surface area contributed by atoms with E-state index < -0.39 is 0 Å². The van der Waals surface area contributed by atoms with Crippen LogP contribution in [0.15, 0.2) is 66.0 Å². The Morgan fingerprint density at radius 1 is 1.07 bits per heavy atom. The van der Waals surface area contributed by atoms with E-state index in [9.17, 15) is 10.5 Å². The third kappa shape index (κ3) is 2.90. The SMILES string of the molecule is N#Cc1c(-c2ccccc2Cl)n(C#N)c(=NCc2cccnc2)n2nccc12. The van der Waals surface area contributed by atoms with Gasteiger partial charge in [0.05, 0.1) is 24.0 Å². The van der Waals surface area contributed by atoms with Crippen LogP contribution in [0, 0.1) is 22.8 Å². The van der Waals surface area contributed by atoms with Crippen LogP contribution >= 0.6 is 11.6 Å². The number of nitrogens with zero attached hydrogens (tertiary/aromatic N) is 7. The second-order valence-electron chi connectivity index (χ2n) is 5.86. The Hall–Kier alpha value is -3.94. The number of hydrogen-bond acceptors (Lipinski definition) is 5. The van der Waals surface area contributed by atoms with Crippen LogP contribution in [-0.4, -0.2) is 19.2 Å². The third-order valence-electron chi connectivity index (χ3n) is 4.22. The van der Waals surface area contributed by atoms with E-state index in [0.717, 1.165) is 5.56 Å². The molecule has 0 aliphatic rings. The summed E-state index contributed by atoms with van der Waals surface area (Å²) in [5, 5.41) is 24.4. The predicted molar refractivity (Wildman–Crippen MR) is 103 cm³/mol. The van der Waals surface area contributed by atoms with E-state index in [1.807, 2.05) is 12.1 Å². The molecule has 0 aliphatic carbocycles. The Morgan fingerprint density at radius 3 is 2.64 bits per heavy atom. The molecule has 0 atom stereocenters. The fraction of sp³-hybridized carbons (Fsp3) is 0.0500. The zero-order chi connectivity index (χ0) is 19.5. The Morgan fingerprint density at radius 2 is 1.93 bits per heavy atom. The van der Waals surface area contributed by atoms with E-state index in [4.69, 9.17) is 11.6 Å². The lowest BCUT2D eigenvalue weighted by molar-refractivity contribution is 0.750. The summed E-state index contributed by atoms with van der Waals surface area (Å²) in [6.07, 6.45) is 7.08. The molecular weight excluding hydrogens is 374 g/mol. The molecule has 0 unspecified atom stereocenters. The molecule has 1 aromatic carbocycles. The number of halogens is 1. The van der Waals surface area contributed by atoms with Crippen molar-refractivity contribution in [2.24, 2.45) is 4.99 Å². The van der Waals surface area contributed by atoms with Gasteiger partial charge in [0, 0.05) is 23.0 Å². The van der Waals surface area contributed by atoms with Gasteiger partial charge in [-0.15, -0.1) is 0 Å². The van der Waals surface area contributed by atoms with Crippen LogP contribution in [0.4, 0.5) is 0 Å². The molecule has 0 radical (unpaired) electrons. The number of aromatic nitrogens is 4. The second-order valence-corrected chi connectivity index (χ2v) is 6.26. The minimum atomic E-state index is 0.292. The van der Waals surface area contributed by atoms with Gasteiger partial charge in [-0.25, -0.2) is 9.56 Å². The molecular formula is C20H12ClN7. The van der Waals surface area contributed by atoms with E-state index in [1.165, 1.54) is 9.08 Å². The molecule has 0 amide bonds. The Balaban J connectivity index is 2.09. The van der Waals surface area contributed by atoms with Crippen LogP contribution in [0.25, 0.3) is 16.8 Å². The van der Waals surface area contributed by atoms with Crippen molar-refractivity contribution < 1.29 is 0 Å². The molecule has 0 saturated heterocycles. The van der Waals surface area contributed by atoms with Crippen molar-refractivity contribution in [2.45, 2.75) is 6.54 Å². The molecule has 0 fully saturated rings.